The number of carbonyl (C=O) groups excluding carboxylic acids is 3. The fraction of sp³-hybridized carbons (Fsp3) is 0.400. The Morgan fingerprint density at radius 1 is 1.06 bits per heavy atom. The average Bonchev–Trinajstić information content (AvgIpc) is 3.35. The summed E-state index contributed by atoms with van der Waals surface area (Å²) in [6, 6.07) is 9.96. The van der Waals surface area contributed by atoms with Crippen molar-refractivity contribution in [1.29, 1.82) is 0 Å². The van der Waals surface area contributed by atoms with Gasteiger partial charge in [0.15, 0.2) is 0 Å². The van der Waals surface area contributed by atoms with Crippen molar-refractivity contribution in [2.45, 2.75) is 31.7 Å². The molecule has 2 aromatic rings. The molecule has 0 radical (unpaired) electrons. The van der Waals surface area contributed by atoms with Crippen molar-refractivity contribution in [2.24, 2.45) is 5.92 Å². The number of methoxy groups -OCH3 is 1. The van der Waals surface area contributed by atoms with Crippen LogP contribution in [0.2, 0.25) is 5.02 Å². The van der Waals surface area contributed by atoms with Crippen LogP contribution in [-0.2, 0) is 9.59 Å². The first kappa shape index (κ1) is 21.8. The lowest BCUT2D eigenvalue weighted by Gasteiger charge is -2.40. The molecule has 1 aliphatic carbocycles. The Hall–Kier alpha value is -3.06. The molecule has 2 fully saturated rings. The molecule has 5 rings (SSSR count). The van der Waals surface area contributed by atoms with Gasteiger partial charge in [0.1, 0.15) is 11.8 Å². The van der Waals surface area contributed by atoms with Gasteiger partial charge < -0.3 is 19.9 Å². The van der Waals surface area contributed by atoms with Crippen LogP contribution in [0.4, 0.5) is 5.69 Å². The largest absolute Gasteiger partial charge is 0.496 e. The number of fused-ring (bicyclic) bond motifs is 2. The van der Waals surface area contributed by atoms with Crippen molar-refractivity contribution in [3.05, 3.63) is 47.0 Å². The average molecular weight is 468 g/mol. The maximum absolute atomic E-state index is 13.5. The van der Waals surface area contributed by atoms with Crippen LogP contribution < -0.4 is 10.1 Å². The van der Waals surface area contributed by atoms with Crippen molar-refractivity contribution in [1.82, 2.24) is 9.80 Å². The minimum absolute atomic E-state index is 0.0496. The Morgan fingerprint density at radius 2 is 1.85 bits per heavy atom. The predicted molar refractivity (Wildman–Crippen MR) is 125 cm³/mol. The van der Waals surface area contributed by atoms with Gasteiger partial charge in [-0.1, -0.05) is 30.5 Å². The number of hydrogen-bond acceptors (Lipinski definition) is 4. The van der Waals surface area contributed by atoms with E-state index in [4.69, 9.17) is 16.3 Å². The number of benzene rings is 2. The van der Waals surface area contributed by atoms with Crippen molar-refractivity contribution >= 4 is 35.0 Å². The molecule has 2 heterocycles. The lowest BCUT2D eigenvalue weighted by molar-refractivity contribution is -0.139. The normalized spacial score (nSPS) is 20.7. The summed E-state index contributed by atoms with van der Waals surface area (Å²) < 4.78 is 5.47. The second-order valence-electron chi connectivity index (χ2n) is 8.87. The molecule has 7 nitrogen and oxygen atoms in total. The standard InChI is InChI=1S/C25H26ClN3O4/c1-33-22-9-7-17(26)13-18(22)16-6-8-20-19(12-16)25(32)29-11-10-28(14-21(29)23(30)27-20)24(31)15-4-2-3-5-15/h6-9,12-13,15,21H,2-5,10-11,14H2,1H3,(H,27,30). The first-order valence-corrected chi connectivity index (χ1v) is 11.7. The quantitative estimate of drug-likeness (QED) is 0.744. The predicted octanol–water partition coefficient (Wildman–Crippen LogP) is 3.81. The monoisotopic (exact) mass is 467 g/mol. The molecule has 1 N–H and O–H groups in total. The van der Waals surface area contributed by atoms with Crippen molar-refractivity contribution < 1.29 is 19.1 Å². The Balaban J connectivity index is 1.44. The first-order chi connectivity index (χ1) is 16.0. The molecule has 8 heteroatoms. The van der Waals surface area contributed by atoms with Crippen LogP contribution in [0.1, 0.15) is 36.0 Å². The number of anilines is 1. The van der Waals surface area contributed by atoms with Crippen molar-refractivity contribution in [3.8, 4) is 16.9 Å². The molecule has 0 bridgehead atoms. The minimum Gasteiger partial charge on any atom is -0.496 e. The fourth-order valence-electron chi connectivity index (χ4n) is 5.16. The number of halogens is 1. The zero-order chi connectivity index (χ0) is 23.1. The van der Waals surface area contributed by atoms with Crippen LogP contribution in [0, 0.1) is 5.92 Å². The number of hydrogen-bond donors (Lipinski definition) is 1. The third-order valence-electron chi connectivity index (χ3n) is 6.94. The van der Waals surface area contributed by atoms with E-state index in [0.717, 1.165) is 36.8 Å². The van der Waals surface area contributed by atoms with Gasteiger partial charge in [0, 0.05) is 29.6 Å². The molecule has 172 valence electrons. The number of nitrogens with one attached hydrogen (secondary N) is 1. The molecule has 1 unspecified atom stereocenters. The van der Waals surface area contributed by atoms with E-state index in [1.165, 1.54) is 0 Å². The second kappa shape index (κ2) is 8.71. The van der Waals surface area contributed by atoms with Crippen LogP contribution >= 0.6 is 11.6 Å². The van der Waals surface area contributed by atoms with E-state index in [-0.39, 0.29) is 30.2 Å². The van der Waals surface area contributed by atoms with Crippen LogP contribution in [0.5, 0.6) is 5.75 Å². The van der Waals surface area contributed by atoms with E-state index in [9.17, 15) is 14.4 Å². The molecule has 33 heavy (non-hydrogen) atoms. The van der Waals surface area contributed by atoms with Gasteiger partial charge >= 0.3 is 0 Å². The van der Waals surface area contributed by atoms with Crippen LogP contribution in [0.15, 0.2) is 36.4 Å². The minimum atomic E-state index is -0.701. The maximum Gasteiger partial charge on any atom is 0.256 e. The smallest absolute Gasteiger partial charge is 0.256 e. The van der Waals surface area contributed by atoms with Crippen molar-refractivity contribution in [2.75, 3.05) is 32.1 Å². The highest BCUT2D eigenvalue weighted by molar-refractivity contribution is 6.31. The summed E-state index contributed by atoms with van der Waals surface area (Å²) in [5, 5.41) is 3.46. The van der Waals surface area contributed by atoms with Gasteiger partial charge in [0.25, 0.3) is 5.91 Å². The second-order valence-corrected chi connectivity index (χ2v) is 9.31. The summed E-state index contributed by atoms with van der Waals surface area (Å²) in [6.45, 7) is 1.01. The van der Waals surface area contributed by atoms with Crippen LogP contribution in [-0.4, -0.2) is 60.3 Å². The summed E-state index contributed by atoms with van der Waals surface area (Å²) >= 11 is 6.20. The van der Waals surface area contributed by atoms with Crippen molar-refractivity contribution in [3.63, 3.8) is 0 Å². The molecule has 2 aliphatic heterocycles. The van der Waals surface area contributed by atoms with Gasteiger partial charge in [-0.25, -0.2) is 0 Å². The van der Waals surface area contributed by atoms with E-state index in [0.29, 0.717) is 35.1 Å². The van der Waals surface area contributed by atoms with Crippen LogP contribution in [0.25, 0.3) is 11.1 Å². The summed E-state index contributed by atoms with van der Waals surface area (Å²) in [4.78, 5) is 42.9. The SMILES string of the molecule is COc1ccc(Cl)cc1-c1ccc2c(c1)C(=O)N1CCN(C(=O)C3CCCC3)CC1C(=O)N2. The highest BCUT2D eigenvalue weighted by Crippen LogP contribution is 2.36. The number of rotatable bonds is 3. The molecule has 2 aromatic carbocycles. The number of piperazine rings is 1. The molecular formula is C25H26ClN3O4. The molecule has 0 aromatic heterocycles. The Labute approximate surface area is 197 Å². The molecule has 1 saturated carbocycles. The number of nitrogens with zero attached hydrogens (tertiary/aromatic N) is 2. The maximum atomic E-state index is 13.5. The first-order valence-electron chi connectivity index (χ1n) is 11.3. The number of carbonyl (C=O) groups is 3. The lowest BCUT2D eigenvalue weighted by Crippen LogP contribution is -2.60. The highest BCUT2D eigenvalue weighted by Gasteiger charge is 2.41. The van der Waals surface area contributed by atoms with Gasteiger partial charge in [-0.15, -0.1) is 0 Å². The number of ether oxygens (including phenoxy) is 1. The van der Waals surface area contributed by atoms with E-state index in [1.54, 1.807) is 47.2 Å². The summed E-state index contributed by atoms with van der Waals surface area (Å²) in [5.41, 5.74) is 2.42. The van der Waals surface area contributed by atoms with Gasteiger partial charge in [-0.2, -0.15) is 0 Å². The zero-order valence-corrected chi connectivity index (χ0v) is 19.2. The van der Waals surface area contributed by atoms with Gasteiger partial charge in [-0.3, -0.25) is 14.4 Å². The van der Waals surface area contributed by atoms with Gasteiger partial charge in [0.05, 0.1) is 24.9 Å². The Morgan fingerprint density at radius 3 is 2.61 bits per heavy atom. The third-order valence-corrected chi connectivity index (χ3v) is 7.18. The highest BCUT2D eigenvalue weighted by atomic mass is 35.5. The van der Waals surface area contributed by atoms with Gasteiger partial charge in [-0.05, 0) is 48.7 Å². The van der Waals surface area contributed by atoms with E-state index in [1.807, 2.05) is 6.07 Å². The summed E-state index contributed by atoms with van der Waals surface area (Å²) in [5.74, 6) is 0.322. The topological polar surface area (TPSA) is 79.0 Å². The van der Waals surface area contributed by atoms with E-state index < -0.39 is 6.04 Å². The number of amides is 3. The molecular weight excluding hydrogens is 442 g/mol. The molecule has 1 saturated heterocycles. The summed E-state index contributed by atoms with van der Waals surface area (Å²) in [7, 11) is 1.58. The van der Waals surface area contributed by atoms with Gasteiger partial charge in [0.2, 0.25) is 11.8 Å². The molecule has 1 atom stereocenters. The zero-order valence-electron chi connectivity index (χ0n) is 18.5. The van der Waals surface area contributed by atoms with E-state index in [2.05, 4.69) is 5.32 Å². The summed E-state index contributed by atoms with van der Waals surface area (Å²) in [6.07, 6.45) is 3.98. The molecule has 0 spiro atoms. The van der Waals surface area contributed by atoms with Crippen LogP contribution in [0.3, 0.4) is 0 Å². The third kappa shape index (κ3) is 3.95. The fourth-order valence-corrected chi connectivity index (χ4v) is 5.33. The molecule has 3 aliphatic rings. The Kier molecular flexibility index (Phi) is 5.74. The van der Waals surface area contributed by atoms with E-state index >= 15 is 0 Å². The molecule has 3 amide bonds. The Bertz CT molecular complexity index is 1130. The lowest BCUT2D eigenvalue weighted by atomic mass is 10.00.